The van der Waals surface area contributed by atoms with Crippen molar-refractivity contribution in [3.8, 4) is 0 Å². The molecule has 0 aromatic rings. The van der Waals surface area contributed by atoms with Gasteiger partial charge in [-0.15, -0.1) is 0 Å². The van der Waals surface area contributed by atoms with Gasteiger partial charge in [0.05, 0.1) is 0 Å². The third-order valence-corrected chi connectivity index (χ3v) is 0.656. The molecule has 2 N–H and O–H groups in total. The molecule has 0 radical (unpaired) electrons. The van der Waals surface area contributed by atoms with Gasteiger partial charge in [0.15, 0.2) is 0 Å². The van der Waals surface area contributed by atoms with Crippen LogP contribution in [0.4, 0.5) is 0 Å². The van der Waals surface area contributed by atoms with Crippen molar-refractivity contribution in [2.45, 2.75) is 6.92 Å². The van der Waals surface area contributed by atoms with Crippen LogP contribution in [-0.4, -0.2) is 18.4 Å². The van der Waals surface area contributed by atoms with E-state index in [0.717, 1.165) is 0 Å². The molecule has 0 spiro atoms. The van der Waals surface area contributed by atoms with Crippen molar-refractivity contribution in [3.05, 3.63) is 10.4 Å². The summed E-state index contributed by atoms with van der Waals surface area (Å²) in [6.45, 7) is 0.921. The Hall–Kier alpha value is -1.75. The molecule has 0 fully saturated rings. The van der Waals surface area contributed by atoms with E-state index in [1.54, 1.807) is 0 Å². The van der Waals surface area contributed by atoms with Crippen molar-refractivity contribution in [2.75, 3.05) is 6.54 Å². The molecule has 0 aromatic heterocycles. The van der Waals surface area contributed by atoms with E-state index >= 15 is 0 Å². The van der Waals surface area contributed by atoms with Crippen LogP contribution in [0.15, 0.2) is 5.11 Å². The first kappa shape index (κ1) is 9.25. The Bertz CT molecular complexity index is 207. The minimum atomic E-state index is -0.557. The summed E-state index contributed by atoms with van der Waals surface area (Å²) in [5.41, 5.74) is 11.8. The zero-order valence-corrected chi connectivity index (χ0v) is 5.87. The number of hydrogen-bond acceptors (Lipinski definition) is 3. The Morgan fingerprint density at radius 1 is 1.55 bits per heavy atom. The molecule has 0 aliphatic rings. The quantitative estimate of drug-likeness (QED) is 0.243. The highest BCUT2D eigenvalue weighted by Crippen LogP contribution is 1.69. The predicted octanol–water partition coefficient (Wildman–Crippen LogP) is -0.536. The summed E-state index contributed by atoms with van der Waals surface area (Å²) in [6.07, 6.45) is 0. The fraction of sp³-hybridized carbons (Fsp3) is 0.500. The summed E-state index contributed by atoms with van der Waals surface area (Å²) in [5.74, 6) is -0.947. The molecule has 0 saturated heterocycles. The van der Waals surface area contributed by atoms with Crippen LogP contribution in [0.1, 0.15) is 6.92 Å². The summed E-state index contributed by atoms with van der Waals surface area (Å²) < 4.78 is 0. The Labute approximate surface area is 62.4 Å². The van der Waals surface area contributed by atoms with Crippen LogP contribution in [0.2, 0.25) is 0 Å². The van der Waals surface area contributed by atoms with Crippen molar-refractivity contribution in [2.24, 2.45) is 5.11 Å². The first-order valence-electron chi connectivity index (χ1n) is 2.73. The Morgan fingerprint density at radius 3 is 2.64 bits per heavy atom. The van der Waals surface area contributed by atoms with Gasteiger partial charge in [-0.1, -0.05) is 5.11 Å². The third kappa shape index (κ3) is 6.13. The average molecular weight is 157 g/mol. The smallest absolute Gasteiger partial charge is 0.244 e. The number of hydrazine groups is 1. The lowest BCUT2D eigenvalue weighted by atomic mass is 10.6. The van der Waals surface area contributed by atoms with Crippen LogP contribution >= 0.6 is 0 Å². The fourth-order valence-corrected chi connectivity index (χ4v) is 0.293. The van der Waals surface area contributed by atoms with Crippen LogP contribution in [0.5, 0.6) is 0 Å². The van der Waals surface area contributed by atoms with Gasteiger partial charge in [0.2, 0.25) is 11.8 Å². The van der Waals surface area contributed by atoms with Crippen LogP contribution in [0, 0.1) is 0 Å². The summed E-state index contributed by atoms with van der Waals surface area (Å²) in [6, 6.07) is 0. The lowest BCUT2D eigenvalue weighted by Crippen LogP contribution is -2.41. The van der Waals surface area contributed by atoms with Crippen molar-refractivity contribution in [1.29, 1.82) is 0 Å². The van der Waals surface area contributed by atoms with Gasteiger partial charge in [0.25, 0.3) is 0 Å². The first-order valence-corrected chi connectivity index (χ1v) is 2.73. The Kier molecular flexibility index (Phi) is 4.26. The van der Waals surface area contributed by atoms with E-state index in [9.17, 15) is 9.59 Å². The molecule has 0 unspecified atom stereocenters. The van der Waals surface area contributed by atoms with Gasteiger partial charge >= 0.3 is 0 Å². The molecule has 11 heavy (non-hydrogen) atoms. The Morgan fingerprint density at radius 2 is 2.18 bits per heavy atom. The van der Waals surface area contributed by atoms with E-state index in [1.807, 2.05) is 10.9 Å². The minimum Gasteiger partial charge on any atom is -0.274 e. The summed E-state index contributed by atoms with van der Waals surface area (Å²) >= 11 is 0. The minimum absolute atomic E-state index is 0.323. The topological polar surface area (TPSA) is 107 Å². The van der Waals surface area contributed by atoms with Crippen molar-refractivity contribution < 1.29 is 9.59 Å². The second kappa shape index (κ2) is 5.07. The van der Waals surface area contributed by atoms with Gasteiger partial charge in [0, 0.05) is 11.8 Å². The highest BCUT2D eigenvalue weighted by atomic mass is 16.2. The highest BCUT2D eigenvalue weighted by Gasteiger charge is 1.97. The van der Waals surface area contributed by atoms with Crippen molar-refractivity contribution in [3.63, 3.8) is 0 Å². The molecule has 0 rings (SSSR count). The maximum absolute atomic E-state index is 10.5. The molecule has 60 valence electrons. The molecule has 7 nitrogen and oxygen atoms in total. The van der Waals surface area contributed by atoms with Gasteiger partial charge in [-0.2, -0.15) is 0 Å². The van der Waals surface area contributed by atoms with E-state index in [1.165, 1.54) is 6.92 Å². The SMILES string of the molecule is CC(=O)NNC(=O)CN=[N+]=[N-]. The summed E-state index contributed by atoms with van der Waals surface area (Å²) in [7, 11) is 0. The predicted molar refractivity (Wildman–Crippen MR) is 36.0 cm³/mol. The number of nitrogens with one attached hydrogen (secondary N) is 2. The number of amides is 2. The molecule has 0 aliphatic carbocycles. The van der Waals surface area contributed by atoms with E-state index in [2.05, 4.69) is 10.0 Å². The van der Waals surface area contributed by atoms with Gasteiger partial charge < -0.3 is 0 Å². The van der Waals surface area contributed by atoms with Gasteiger partial charge in [0.1, 0.15) is 6.54 Å². The maximum Gasteiger partial charge on any atom is 0.244 e. The summed E-state index contributed by atoms with van der Waals surface area (Å²) in [4.78, 5) is 23.1. The fourth-order valence-electron chi connectivity index (χ4n) is 0.293. The number of nitrogens with zero attached hydrogens (tertiary/aromatic N) is 3. The van der Waals surface area contributed by atoms with Gasteiger partial charge in [-0.05, 0) is 5.53 Å². The molecule has 7 heteroatoms. The molecule has 0 bridgehead atoms. The molecule has 0 aromatic carbocycles. The van der Waals surface area contributed by atoms with Crippen LogP contribution in [0.3, 0.4) is 0 Å². The lowest BCUT2D eigenvalue weighted by Gasteiger charge is -2.00. The van der Waals surface area contributed by atoms with Gasteiger partial charge in [-0.3, -0.25) is 20.4 Å². The second-order valence-electron chi connectivity index (χ2n) is 1.62. The molecule has 0 aliphatic heterocycles. The molecule has 2 amide bonds. The van der Waals surface area contributed by atoms with Gasteiger partial charge in [-0.25, -0.2) is 0 Å². The number of azide groups is 1. The number of carbonyl (C=O) groups is 2. The molecule has 0 atom stereocenters. The maximum atomic E-state index is 10.5. The second-order valence-corrected chi connectivity index (χ2v) is 1.62. The zero-order valence-electron chi connectivity index (χ0n) is 5.87. The highest BCUT2D eigenvalue weighted by molar-refractivity contribution is 5.81. The summed E-state index contributed by atoms with van der Waals surface area (Å²) in [5, 5.41) is 2.97. The number of carbonyl (C=O) groups excluding carboxylic acids is 2. The van der Waals surface area contributed by atoms with Crippen LogP contribution < -0.4 is 10.9 Å². The lowest BCUT2D eigenvalue weighted by molar-refractivity contribution is -0.127. The normalized spacial score (nSPS) is 7.73. The van der Waals surface area contributed by atoms with E-state index in [-0.39, 0.29) is 12.5 Å². The van der Waals surface area contributed by atoms with E-state index in [0.29, 0.717) is 0 Å². The van der Waals surface area contributed by atoms with E-state index in [4.69, 9.17) is 5.53 Å². The standard InChI is InChI=1S/C4H7N5O2/c1-3(10)7-8-4(11)2-6-9-5/h2H2,1H3,(H,7,10)(H,8,11). The number of rotatable bonds is 2. The van der Waals surface area contributed by atoms with Crippen molar-refractivity contribution >= 4 is 11.8 Å². The molecular weight excluding hydrogens is 150 g/mol. The van der Waals surface area contributed by atoms with Crippen molar-refractivity contribution in [1.82, 2.24) is 10.9 Å². The molecular formula is C4H7N5O2. The largest absolute Gasteiger partial charge is 0.274 e. The zero-order chi connectivity index (χ0) is 8.69. The monoisotopic (exact) mass is 157 g/mol. The molecule has 0 heterocycles. The average Bonchev–Trinajstić information content (AvgIpc) is 1.97. The van der Waals surface area contributed by atoms with Crippen LogP contribution in [-0.2, 0) is 9.59 Å². The Balaban J connectivity index is 3.53. The molecule has 0 saturated carbocycles. The number of hydrogen-bond donors (Lipinski definition) is 2. The van der Waals surface area contributed by atoms with E-state index < -0.39 is 5.91 Å². The third-order valence-electron chi connectivity index (χ3n) is 0.656. The first-order chi connectivity index (χ1) is 5.16. The van der Waals surface area contributed by atoms with Crippen LogP contribution in [0.25, 0.3) is 10.4 Å².